The number of aryl methyl sites for hydroxylation is 2. The molecule has 0 aromatic carbocycles. The molecule has 0 fully saturated rings. The summed E-state index contributed by atoms with van der Waals surface area (Å²) in [5, 5.41) is 5.02. The molecule has 0 saturated carbocycles. The molecule has 1 aromatic heterocycles. The number of aromatic nitrogens is 2. The predicted octanol–water partition coefficient (Wildman–Crippen LogP) is 2.37. The van der Waals surface area contributed by atoms with E-state index in [0.717, 1.165) is 37.0 Å². The van der Waals surface area contributed by atoms with Crippen LogP contribution in [-0.4, -0.2) is 39.0 Å². The second-order valence-electron chi connectivity index (χ2n) is 4.13. The summed E-state index contributed by atoms with van der Waals surface area (Å²) in [4.78, 5) is 14.2. The summed E-state index contributed by atoms with van der Waals surface area (Å²) in [5.41, 5.74) is 1.55. The highest BCUT2D eigenvalue weighted by atomic mass is 79.9. The average Bonchev–Trinajstić information content (AvgIpc) is 2.63. The summed E-state index contributed by atoms with van der Waals surface area (Å²) in [7, 11) is 1.81. The zero-order valence-electron chi connectivity index (χ0n) is 10.7. The summed E-state index contributed by atoms with van der Waals surface area (Å²) in [6.45, 7) is 5.58. The van der Waals surface area contributed by atoms with Crippen LogP contribution < -0.4 is 0 Å². The maximum absolute atomic E-state index is 12.3. The molecular weight excluding hydrogens is 282 g/mol. The number of alkyl halides is 1. The Morgan fingerprint density at radius 2 is 2.24 bits per heavy atom. The summed E-state index contributed by atoms with van der Waals surface area (Å²) in [6.07, 6.45) is 2.13. The first-order valence-corrected chi connectivity index (χ1v) is 7.08. The average molecular weight is 302 g/mol. The van der Waals surface area contributed by atoms with Crippen molar-refractivity contribution < 1.29 is 4.79 Å². The summed E-state index contributed by atoms with van der Waals surface area (Å²) < 4.78 is 1.66. The van der Waals surface area contributed by atoms with Crippen LogP contribution in [0, 0.1) is 6.92 Å². The Balaban J connectivity index is 2.79. The minimum atomic E-state index is 0.0704. The van der Waals surface area contributed by atoms with Crippen LogP contribution in [0.5, 0.6) is 0 Å². The number of rotatable bonds is 6. The number of hydrogen-bond donors (Lipinski definition) is 0. The first kappa shape index (κ1) is 14.2. The van der Waals surface area contributed by atoms with Crippen molar-refractivity contribution in [2.75, 3.05) is 18.4 Å². The van der Waals surface area contributed by atoms with Gasteiger partial charge in [-0.25, -0.2) is 0 Å². The molecule has 0 atom stereocenters. The van der Waals surface area contributed by atoms with E-state index in [2.05, 4.69) is 28.0 Å². The Hall–Kier alpha value is -0.840. The van der Waals surface area contributed by atoms with E-state index in [1.54, 1.807) is 4.68 Å². The lowest BCUT2D eigenvalue weighted by molar-refractivity contribution is 0.0753. The van der Waals surface area contributed by atoms with E-state index < -0.39 is 0 Å². The zero-order valence-corrected chi connectivity index (χ0v) is 12.3. The molecule has 1 aromatic rings. The van der Waals surface area contributed by atoms with Gasteiger partial charge in [0.05, 0.1) is 5.69 Å². The molecule has 0 radical (unpaired) electrons. The van der Waals surface area contributed by atoms with Crippen LogP contribution in [0.4, 0.5) is 0 Å². The van der Waals surface area contributed by atoms with Crippen molar-refractivity contribution in [3.8, 4) is 0 Å². The number of carbonyl (C=O) groups excluding carboxylic acids is 1. The number of unbranched alkanes of at least 4 members (excludes halogenated alkanes) is 1. The summed E-state index contributed by atoms with van der Waals surface area (Å²) in [5.74, 6) is 0.0704. The van der Waals surface area contributed by atoms with Gasteiger partial charge in [0.25, 0.3) is 5.91 Å². The molecule has 0 aliphatic rings. The van der Waals surface area contributed by atoms with Crippen LogP contribution in [0.25, 0.3) is 0 Å². The van der Waals surface area contributed by atoms with Crippen LogP contribution in [0.3, 0.4) is 0 Å². The SMILES string of the molecule is CCCCN(CCBr)C(=O)c1cc(C)nn1C. The fourth-order valence-corrected chi connectivity index (χ4v) is 2.17. The first-order chi connectivity index (χ1) is 8.10. The Morgan fingerprint density at radius 3 is 2.71 bits per heavy atom. The third kappa shape index (κ3) is 3.84. The van der Waals surface area contributed by atoms with Crippen molar-refractivity contribution in [3.63, 3.8) is 0 Å². The van der Waals surface area contributed by atoms with Crippen LogP contribution in [0.15, 0.2) is 6.07 Å². The maximum Gasteiger partial charge on any atom is 0.272 e. The molecule has 0 unspecified atom stereocenters. The van der Waals surface area contributed by atoms with E-state index in [4.69, 9.17) is 0 Å². The Bertz CT molecular complexity index is 376. The second-order valence-corrected chi connectivity index (χ2v) is 4.92. The molecule has 0 saturated heterocycles. The van der Waals surface area contributed by atoms with Gasteiger partial charge in [-0.05, 0) is 19.4 Å². The van der Waals surface area contributed by atoms with Gasteiger partial charge in [0.15, 0.2) is 0 Å². The topological polar surface area (TPSA) is 38.1 Å². The zero-order chi connectivity index (χ0) is 12.8. The van der Waals surface area contributed by atoms with Crippen LogP contribution >= 0.6 is 15.9 Å². The van der Waals surface area contributed by atoms with Crippen molar-refractivity contribution in [2.24, 2.45) is 7.05 Å². The quantitative estimate of drug-likeness (QED) is 0.757. The van der Waals surface area contributed by atoms with Gasteiger partial charge in [-0.15, -0.1) is 0 Å². The molecule has 5 heteroatoms. The van der Waals surface area contributed by atoms with Gasteiger partial charge < -0.3 is 4.90 Å². The fraction of sp³-hybridized carbons (Fsp3) is 0.667. The van der Waals surface area contributed by atoms with Crippen molar-refractivity contribution in [1.82, 2.24) is 14.7 Å². The van der Waals surface area contributed by atoms with E-state index >= 15 is 0 Å². The summed E-state index contributed by atoms with van der Waals surface area (Å²) in [6, 6.07) is 1.84. The summed E-state index contributed by atoms with van der Waals surface area (Å²) >= 11 is 3.39. The van der Waals surface area contributed by atoms with Gasteiger partial charge >= 0.3 is 0 Å². The minimum absolute atomic E-state index is 0.0704. The molecule has 0 spiro atoms. The lowest BCUT2D eigenvalue weighted by Gasteiger charge is -2.21. The highest BCUT2D eigenvalue weighted by molar-refractivity contribution is 9.09. The standard InChI is InChI=1S/C12H20BrN3O/c1-4-5-7-16(8-6-13)12(17)11-9-10(2)14-15(11)3/h9H,4-8H2,1-3H3. The smallest absolute Gasteiger partial charge is 0.272 e. The van der Waals surface area contributed by atoms with Gasteiger partial charge in [0.2, 0.25) is 0 Å². The Morgan fingerprint density at radius 1 is 1.53 bits per heavy atom. The first-order valence-electron chi connectivity index (χ1n) is 5.96. The number of carbonyl (C=O) groups is 1. The lowest BCUT2D eigenvalue weighted by Crippen LogP contribution is -2.34. The molecule has 0 N–H and O–H groups in total. The molecule has 0 bridgehead atoms. The van der Waals surface area contributed by atoms with Gasteiger partial charge in [0, 0.05) is 25.5 Å². The Kier molecular flexibility index (Phi) is 5.68. The van der Waals surface area contributed by atoms with Gasteiger partial charge in [-0.3, -0.25) is 9.48 Å². The van der Waals surface area contributed by atoms with E-state index in [-0.39, 0.29) is 5.91 Å². The highest BCUT2D eigenvalue weighted by Gasteiger charge is 2.18. The van der Waals surface area contributed by atoms with Crippen molar-refractivity contribution in [3.05, 3.63) is 17.5 Å². The van der Waals surface area contributed by atoms with E-state index in [9.17, 15) is 4.79 Å². The molecular formula is C12H20BrN3O. The lowest BCUT2D eigenvalue weighted by atomic mass is 10.2. The van der Waals surface area contributed by atoms with Crippen molar-refractivity contribution >= 4 is 21.8 Å². The fourth-order valence-electron chi connectivity index (χ4n) is 1.74. The highest BCUT2D eigenvalue weighted by Crippen LogP contribution is 2.08. The molecule has 0 aliphatic carbocycles. The van der Waals surface area contributed by atoms with E-state index in [0.29, 0.717) is 5.69 Å². The van der Waals surface area contributed by atoms with E-state index in [1.165, 1.54) is 0 Å². The van der Waals surface area contributed by atoms with Gasteiger partial charge in [0.1, 0.15) is 5.69 Å². The van der Waals surface area contributed by atoms with Crippen LogP contribution in [-0.2, 0) is 7.05 Å². The number of amides is 1. The molecule has 96 valence electrons. The third-order valence-electron chi connectivity index (χ3n) is 2.64. The largest absolute Gasteiger partial charge is 0.336 e. The number of nitrogens with zero attached hydrogens (tertiary/aromatic N) is 3. The molecule has 1 heterocycles. The van der Waals surface area contributed by atoms with E-state index in [1.807, 2.05) is 24.9 Å². The second kappa shape index (κ2) is 6.79. The van der Waals surface area contributed by atoms with Crippen LogP contribution in [0.2, 0.25) is 0 Å². The van der Waals surface area contributed by atoms with Gasteiger partial charge in [-0.2, -0.15) is 5.10 Å². The molecule has 1 rings (SSSR count). The molecule has 17 heavy (non-hydrogen) atoms. The number of hydrogen-bond acceptors (Lipinski definition) is 2. The predicted molar refractivity (Wildman–Crippen MR) is 72.6 cm³/mol. The molecule has 1 amide bonds. The molecule has 0 aliphatic heterocycles. The number of halogens is 1. The van der Waals surface area contributed by atoms with Crippen molar-refractivity contribution in [1.29, 1.82) is 0 Å². The monoisotopic (exact) mass is 301 g/mol. The minimum Gasteiger partial charge on any atom is -0.336 e. The normalized spacial score (nSPS) is 10.6. The maximum atomic E-state index is 12.3. The van der Waals surface area contributed by atoms with Crippen LogP contribution in [0.1, 0.15) is 35.9 Å². The van der Waals surface area contributed by atoms with Crippen molar-refractivity contribution in [2.45, 2.75) is 26.7 Å². The molecule has 4 nitrogen and oxygen atoms in total. The third-order valence-corrected chi connectivity index (χ3v) is 3.00. The van der Waals surface area contributed by atoms with Gasteiger partial charge in [-0.1, -0.05) is 29.3 Å². The Labute approximate surface area is 111 Å².